The first-order valence-electron chi connectivity index (χ1n) is 12.0. The first-order valence-corrected chi connectivity index (χ1v) is 12.0. The smallest absolute Gasteiger partial charge is 0.275 e. The number of fused-ring (bicyclic) bond motifs is 3. The maximum absolute atomic E-state index is 13.9. The molecule has 0 bridgehead atoms. The van der Waals surface area contributed by atoms with Crippen molar-refractivity contribution in [1.82, 2.24) is 9.88 Å². The van der Waals surface area contributed by atoms with E-state index in [9.17, 15) is 4.79 Å². The minimum absolute atomic E-state index is 0.0507. The number of furan rings is 1. The van der Waals surface area contributed by atoms with E-state index in [1.807, 2.05) is 36.8 Å². The molecule has 1 amide bonds. The maximum atomic E-state index is 13.9. The summed E-state index contributed by atoms with van der Waals surface area (Å²) in [5.74, 6) is 0.933. The number of aromatic nitrogens is 1. The number of carbonyl (C=O) groups excluding carboxylic acids is 2. The molecule has 1 N–H and O–H groups in total. The van der Waals surface area contributed by atoms with Crippen LogP contribution < -0.4 is 10.2 Å². The van der Waals surface area contributed by atoms with E-state index in [2.05, 4.69) is 41.9 Å². The molecule has 1 aromatic carbocycles. The van der Waals surface area contributed by atoms with Gasteiger partial charge in [0.15, 0.2) is 5.58 Å². The van der Waals surface area contributed by atoms with Crippen LogP contribution in [0.15, 0.2) is 40.8 Å². The van der Waals surface area contributed by atoms with Crippen LogP contribution in [-0.2, 0) is 11.3 Å². The number of amides is 1. The Morgan fingerprint density at radius 3 is 2.48 bits per heavy atom. The Morgan fingerprint density at radius 1 is 1.09 bits per heavy atom. The third kappa shape index (κ3) is 4.36. The fourth-order valence-corrected chi connectivity index (χ4v) is 5.48. The molecule has 33 heavy (non-hydrogen) atoms. The number of benzene rings is 1. The fourth-order valence-electron chi connectivity index (χ4n) is 5.48. The van der Waals surface area contributed by atoms with E-state index >= 15 is 0 Å². The van der Waals surface area contributed by atoms with Crippen molar-refractivity contribution in [3.05, 3.63) is 53.4 Å². The largest absolute Gasteiger partial charge is 0.460 e. The van der Waals surface area contributed by atoms with E-state index in [-0.39, 0.29) is 11.4 Å². The Bertz CT molecular complexity index is 1120. The number of hydrogen-bond acceptors (Lipinski definition) is 4. The van der Waals surface area contributed by atoms with Crippen LogP contribution in [0.3, 0.4) is 0 Å². The Kier molecular flexibility index (Phi) is 6.75. The van der Waals surface area contributed by atoms with E-state index in [4.69, 9.17) is 9.21 Å². The zero-order valence-corrected chi connectivity index (χ0v) is 20.0. The third-order valence-corrected chi connectivity index (χ3v) is 7.16. The van der Waals surface area contributed by atoms with Crippen molar-refractivity contribution in [3.63, 3.8) is 0 Å². The Labute approximate surface area is 195 Å². The number of nitrogens with zero attached hydrogens (tertiary/aromatic N) is 2. The number of aryl methyl sites for hydroxylation is 2. The molecule has 2 aliphatic rings. The molecule has 1 saturated carbocycles. The third-order valence-electron chi connectivity index (χ3n) is 7.16. The topological polar surface area (TPSA) is 67.5 Å². The normalized spacial score (nSPS) is 21.4. The molecule has 6 nitrogen and oxygen atoms in total. The van der Waals surface area contributed by atoms with E-state index in [0.717, 1.165) is 41.2 Å². The Morgan fingerprint density at radius 2 is 1.79 bits per heavy atom. The number of rotatable bonds is 4. The van der Waals surface area contributed by atoms with E-state index in [1.54, 1.807) is 0 Å². The van der Waals surface area contributed by atoms with Gasteiger partial charge in [-0.2, -0.15) is 0 Å². The average molecular weight is 450 g/mol. The Balaban J connectivity index is 0.00000126. The highest BCUT2D eigenvalue weighted by atomic mass is 16.3. The van der Waals surface area contributed by atoms with E-state index in [1.165, 1.54) is 38.5 Å². The molecule has 3 aromatic rings. The lowest BCUT2D eigenvalue weighted by molar-refractivity contribution is -0.0980. The van der Waals surface area contributed by atoms with Gasteiger partial charge in [0.25, 0.3) is 5.91 Å². The van der Waals surface area contributed by atoms with Gasteiger partial charge in [-0.3, -0.25) is 9.69 Å². The quantitative estimate of drug-likeness (QED) is 0.542. The van der Waals surface area contributed by atoms with E-state index in [0.29, 0.717) is 11.7 Å². The summed E-state index contributed by atoms with van der Waals surface area (Å²) in [6, 6.07) is 12.7. The van der Waals surface area contributed by atoms with Gasteiger partial charge < -0.3 is 19.1 Å². The highest BCUT2D eigenvalue weighted by molar-refractivity contribution is 6.09. The number of anilines is 1. The summed E-state index contributed by atoms with van der Waals surface area (Å²) < 4.78 is 8.03. The molecule has 1 aliphatic heterocycles. The lowest BCUT2D eigenvalue weighted by atomic mass is 9.93. The van der Waals surface area contributed by atoms with Crippen LogP contribution in [0.1, 0.15) is 67.3 Å². The molecule has 5 rings (SSSR count). The first kappa shape index (κ1) is 23.3. The first-order chi connectivity index (χ1) is 16.0. The summed E-state index contributed by atoms with van der Waals surface area (Å²) in [5.41, 5.74) is 4.27. The summed E-state index contributed by atoms with van der Waals surface area (Å²) in [7, 11) is 0. The van der Waals surface area contributed by atoms with Gasteiger partial charge in [0.2, 0.25) is 0 Å². The van der Waals surface area contributed by atoms with Crippen molar-refractivity contribution in [2.75, 3.05) is 11.4 Å². The van der Waals surface area contributed by atoms with Crippen molar-refractivity contribution in [3.8, 4) is 0 Å². The lowest BCUT2D eigenvalue weighted by Crippen LogP contribution is -2.62. The summed E-state index contributed by atoms with van der Waals surface area (Å²) in [5, 5.41) is 3.86. The van der Waals surface area contributed by atoms with E-state index < -0.39 is 0 Å². The lowest BCUT2D eigenvalue weighted by Gasteiger charge is -2.46. The van der Waals surface area contributed by atoms with Crippen LogP contribution >= 0.6 is 0 Å². The second-order valence-corrected chi connectivity index (χ2v) is 9.72. The van der Waals surface area contributed by atoms with Gasteiger partial charge in [-0.1, -0.05) is 43.9 Å². The summed E-state index contributed by atoms with van der Waals surface area (Å²) in [6.07, 6.45) is 7.74. The average Bonchev–Trinajstić information content (AvgIpc) is 3.19. The molecule has 3 heterocycles. The minimum Gasteiger partial charge on any atom is -0.460 e. The van der Waals surface area contributed by atoms with Crippen molar-refractivity contribution in [2.24, 2.45) is 0 Å². The molecule has 176 valence electrons. The number of hydrogen-bond donors (Lipinski definition) is 1. The SMILES string of the molecule is C=O.Cc1cc2c(cc3n2CC(C)(CNC2CCCCCC2)N(c2ccccc2C)C3=O)o1. The predicted molar refractivity (Wildman–Crippen MR) is 132 cm³/mol. The van der Waals surface area contributed by atoms with Gasteiger partial charge in [0.05, 0.1) is 11.1 Å². The molecule has 0 spiro atoms. The molecule has 0 saturated heterocycles. The van der Waals surface area contributed by atoms with Crippen molar-refractivity contribution >= 4 is 29.5 Å². The summed E-state index contributed by atoms with van der Waals surface area (Å²) >= 11 is 0. The van der Waals surface area contributed by atoms with Gasteiger partial charge in [0, 0.05) is 37.0 Å². The van der Waals surface area contributed by atoms with Crippen LogP contribution in [0.25, 0.3) is 11.1 Å². The van der Waals surface area contributed by atoms with Crippen LogP contribution in [0.5, 0.6) is 0 Å². The van der Waals surface area contributed by atoms with Crippen LogP contribution in [0.4, 0.5) is 5.69 Å². The van der Waals surface area contributed by atoms with Gasteiger partial charge in [-0.05, 0) is 45.2 Å². The minimum atomic E-state index is -0.375. The number of carbonyl (C=O) groups is 2. The molecule has 1 aliphatic carbocycles. The molecule has 0 radical (unpaired) electrons. The summed E-state index contributed by atoms with van der Waals surface area (Å²) in [6.45, 7) is 9.79. The number of para-hydroxylation sites is 1. The molecule has 6 heteroatoms. The second-order valence-electron chi connectivity index (χ2n) is 9.72. The van der Waals surface area contributed by atoms with Gasteiger partial charge in [0.1, 0.15) is 18.2 Å². The zero-order chi connectivity index (χ0) is 23.6. The van der Waals surface area contributed by atoms with Crippen LogP contribution in [0, 0.1) is 13.8 Å². The highest BCUT2D eigenvalue weighted by Crippen LogP contribution is 2.37. The Hall–Kier alpha value is -2.86. The molecule has 1 atom stereocenters. The van der Waals surface area contributed by atoms with Crippen LogP contribution in [0.2, 0.25) is 0 Å². The van der Waals surface area contributed by atoms with Crippen molar-refractivity contribution in [2.45, 2.75) is 77.4 Å². The predicted octanol–water partition coefficient (Wildman–Crippen LogP) is 5.40. The number of nitrogens with one attached hydrogen (secondary N) is 1. The standard InChI is InChI=1S/C26H33N3O2.CH2O/c1-18-10-8-9-13-21(18)29-25(30)23-15-24-22(14-19(2)31-24)28(23)17-26(29,3)16-27-20-11-6-4-5-7-12-20;1-2/h8-10,13-15,20,27H,4-7,11-12,16-17H2,1-3H3;1H2. The summed E-state index contributed by atoms with van der Waals surface area (Å²) in [4.78, 5) is 23.9. The van der Waals surface area contributed by atoms with Crippen molar-refractivity contribution < 1.29 is 14.0 Å². The molecule has 1 unspecified atom stereocenters. The molecule has 1 fully saturated rings. The van der Waals surface area contributed by atoms with Crippen molar-refractivity contribution in [1.29, 1.82) is 0 Å². The van der Waals surface area contributed by atoms with Gasteiger partial charge in [-0.25, -0.2) is 0 Å². The van der Waals surface area contributed by atoms with Gasteiger partial charge >= 0.3 is 0 Å². The molecule has 2 aromatic heterocycles. The monoisotopic (exact) mass is 449 g/mol. The molecular weight excluding hydrogens is 414 g/mol. The zero-order valence-electron chi connectivity index (χ0n) is 20.0. The maximum Gasteiger partial charge on any atom is 0.275 e. The second kappa shape index (κ2) is 9.56. The highest BCUT2D eigenvalue weighted by Gasteiger charge is 2.44. The van der Waals surface area contributed by atoms with Gasteiger partial charge in [-0.15, -0.1) is 0 Å². The molecular formula is C27H35N3O3. The fraction of sp³-hybridized carbons (Fsp3) is 0.481. The van der Waals surface area contributed by atoms with Crippen LogP contribution in [-0.4, -0.2) is 35.4 Å².